The molecule has 0 saturated heterocycles. The first kappa shape index (κ1) is 19.5. The largest absolute Gasteiger partial charge is 0.306 e. The summed E-state index contributed by atoms with van der Waals surface area (Å²) in [6.07, 6.45) is 0. The van der Waals surface area contributed by atoms with E-state index in [0.29, 0.717) is 22.6 Å². The molecule has 0 bridgehead atoms. The zero-order valence-corrected chi connectivity index (χ0v) is 18.0. The summed E-state index contributed by atoms with van der Waals surface area (Å²) in [4.78, 5) is 13.3. The van der Waals surface area contributed by atoms with E-state index in [2.05, 4.69) is 10.4 Å². The number of fused-ring (bicyclic) bond motifs is 2. The standard InChI is InChI=1S/C24H21N3O3S/c1-15-10-11-22(16(2)12-15)27-23(20-13-31(29,30)14-21(20)26-27)25-24(28)19-9-5-7-17-6-3-4-8-18(17)19/h3-12H,13-14H2,1-2H3,(H,25,28). The van der Waals surface area contributed by atoms with E-state index < -0.39 is 9.84 Å². The van der Waals surface area contributed by atoms with Crippen LogP contribution >= 0.6 is 0 Å². The minimum atomic E-state index is -3.26. The molecule has 0 radical (unpaired) electrons. The second kappa shape index (κ2) is 7.06. The first-order valence-corrected chi connectivity index (χ1v) is 11.8. The second-order valence-electron chi connectivity index (χ2n) is 7.99. The number of nitrogens with one attached hydrogen (secondary N) is 1. The van der Waals surface area contributed by atoms with E-state index in [1.54, 1.807) is 10.7 Å². The number of carbonyl (C=O) groups excluding carboxylic acids is 1. The summed E-state index contributed by atoms with van der Waals surface area (Å²) >= 11 is 0. The maximum absolute atomic E-state index is 13.3. The van der Waals surface area contributed by atoms with Crippen LogP contribution < -0.4 is 5.32 Å². The van der Waals surface area contributed by atoms with Crippen molar-refractivity contribution in [3.05, 3.63) is 88.6 Å². The highest BCUT2D eigenvalue weighted by atomic mass is 32.2. The topological polar surface area (TPSA) is 81.1 Å². The lowest BCUT2D eigenvalue weighted by Crippen LogP contribution is -2.17. The van der Waals surface area contributed by atoms with Crippen LogP contribution in [0.2, 0.25) is 0 Å². The van der Waals surface area contributed by atoms with Gasteiger partial charge in [-0.2, -0.15) is 5.10 Å². The molecule has 0 atom stereocenters. The summed E-state index contributed by atoms with van der Waals surface area (Å²) in [7, 11) is -3.26. The van der Waals surface area contributed by atoms with Gasteiger partial charge in [0.1, 0.15) is 5.82 Å². The number of carbonyl (C=O) groups is 1. The van der Waals surface area contributed by atoms with Gasteiger partial charge in [0.05, 0.1) is 22.9 Å². The van der Waals surface area contributed by atoms with E-state index in [1.165, 1.54) is 0 Å². The molecule has 2 heterocycles. The number of nitrogens with zero attached hydrogens (tertiary/aromatic N) is 2. The summed E-state index contributed by atoms with van der Waals surface area (Å²) in [6, 6.07) is 19.2. The van der Waals surface area contributed by atoms with Gasteiger partial charge in [0.15, 0.2) is 9.84 Å². The predicted octanol–water partition coefficient (Wildman–Crippen LogP) is 4.32. The van der Waals surface area contributed by atoms with Crippen molar-refractivity contribution in [3.63, 3.8) is 0 Å². The molecule has 156 valence electrons. The summed E-state index contributed by atoms with van der Waals surface area (Å²) < 4.78 is 26.1. The molecule has 0 spiro atoms. The third-order valence-corrected chi connectivity index (χ3v) is 7.08. The van der Waals surface area contributed by atoms with Crippen LogP contribution in [0.5, 0.6) is 0 Å². The van der Waals surface area contributed by atoms with Crippen LogP contribution in [0.1, 0.15) is 32.7 Å². The quantitative estimate of drug-likeness (QED) is 0.524. The van der Waals surface area contributed by atoms with Crippen LogP contribution in [0, 0.1) is 13.8 Å². The number of hydrogen-bond acceptors (Lipinski definition) is 4. The monoisotopic (exact) mass is 431 g/mol. The lowest BCUT2D eigenvalue weighted by Gasteiger charge is -2.14. The predicted molar refractivity (Wildman–Crippen MR) is 121 cm³/mol. The molecule has 1 N–H and O–H groups in total. The van der Waals surface area contributed by atoms with Crippen LogP contribution in [0.25, 0.3) is 16.5 Å². The Morgan fingerprint density at radius 1 is 1.00 bits per heavy atom. The molecule has 0 aliphatic carbocycles. The molecule has 0 unspecified atom stereocenters. The first-order valence-electron chi connectivity index (χ1n) is 10.0. The molecule has 7 heteroatoms. The zero-order valence-electron chi connectivity index (χ0n) is 17.2. The lowest BCUT2D eigenvalue weighted by molar-refractivity contribution is 0.102. The number of hydrogen-bond donors (Lipinski definition) is 1. The van der Waals surface area contributed by atoms with Crippen molar-refractivity contribution >= 4 is 32.3 Å². The Labute approximate surface area is 180 Å². The van der Waals surface area contributed by atoms with Crippen molar-refractivity contribution in [3.8, 4) is 5.69 Å². The molecular weight excluding hydrogens is 410 g/mol. The van der Waals surface area contributed by atoms with Gasteiger partial charge >= 0.3 is 0 Å². The number of aryl methyl sites for hydroxylation is 2. The molecule has 0 saturated carbocycles. The highest BCUT2D eigenvalue weighted by molar-refractivity contribution is 7.90. The van der Waals surface area contributed by atoms with Crippen molar-refractivity contribution in [1.29, 1.82) is 0 Å². The Hall–Kier alpha value is -3.45. The number of benzene rings is 3. The van der Waals surface area contributed by atoms with Crippen molar-refractivity contribution in [2.24, 2.45) is 0 Å². The molecule has 4 aromatic rings. The van der Waals surface area contributed by atoms with E-state index in [0.717, 1.165) is 27.6 Å². The van der Waals surface area contributed by atoms with Gasteiger partial charge in [0.2, 0.25) is 0 Å². The van der Waals surface area contributed by atoms with Gasteiger partial charge in [0, 0.05) is 11.1 Å². The Kier molecular flexibility index (Phi) is 4.44. The molecule has 0 fully saturated rings. The van der Waals surface area contributed by atoms with E-state index in [4.69, 9.17) is 0 Å². The SMILES string of the molecule is Cc1ccc(-n2nc3c(c2NC(=O)c2cccc4ccccc24)CS(=O)(=O)C3)c(C)c1. The van der Waals surface area contributed by atoms with Gasteiger partial charge in [-0.25, -0.2) is 13.1 Å². The molecule has 1 aromatic heterocycles. The fourth-order valence-electron chi connectivity index (χ4n) is 4.19. The number of anilines is 1. The smallest absolute Gasteiger partial charge is 0.257 e. The van der Waals surface area contributed by atoms with Crippen molar-refractivity contribution < 1.29 is 13.2 Å². The molecule has 3 aromatic carbocycles. The number of aromatic nitrogens is 2. The lowest BCUT2D eigenvalue weighted by atomic mass is 10.0. The summed E-state index contributed by atoms with van der Waals surface area (Å²) in [5, 5.41) is 9.35. The highest BCUT2D eigenvalue weighted by Crippen LogP contribution is 2.34. The minimum Gasteiger partial charge on any atom is -0.306 e. The Morgan fingerprint density at radius 3 is 2.58 bits per heavy atom. The molecule has 1 aliphatic rings. The second-order valence-corrected chi connectivity index (χ2v) is 10.1. The number of rotatable bonds is 3. The average molecular weight is 432 g/mol. The minimum absolute atomic E-state index is 0.114. The van der Waals surface area contributed by atoms with Gasteiger partial charge in [0.25, 0.3) is 5.91 Å². The van der Waals surface area contributed by atoms with Crippen LogP contribution in [0.3, 0.4) is 0 Å². The van der Waals surface area contributed by atoms with Gasteiger partial charge in [-0.1, -0.05) is 54.1 Å². The third kappa shape index (κ3) is 3.41. The fourth-order valence-corrected chi connectivity index (χ4v) is 5.68. The van der Waals surface area contributed by atoms with Crippen molar-refractivity contribution in [2.75, 3.05) is 5.32 Å². The van der Waals surface area contributed by atoms with E-state index >= 15 is 0 Å². The Bertz CT molecular complexity index is 1460. The Morgan fingerprint density at radius 2 is 1.77 bits per heavy atom. The van der Waals surface area contributed by atoms with E-state index in [9.17, 15) is 13.2 Å². The van der Waals surface area contributed by atoms with Crippen LogP contribution in [-0.4, -0.2) is 24.1 Å². The molecular formula is C24H21N3O3S. The van der Waals surface area contributed by atoms with Gasteiger partial charge in [-0.15, -0.1) is 0 Å². The molecule has 6 nitrogen and oxygen atoms in total. The molecule has 5 rings (SSSR count). The van der Waals surface area contributed by atoms with Gasteiger partial charge in [-0.05, 0) is 42.3 Å². The fraction of sp³-hybridized carbons (Fsp3) is 0.167. The highest BCUT2D eigenvalue weighted by Gasteiger charge is 2.33. The Balaban J connectivity index is 1.63. The average Bonchev–Trinajstić information content (AvgIpc) is 3.20. The number of amides is 1. The van der Waals surface area contributed by atoms with Crippen LogP contribution in [0.4, 0.5) is 5.82 Å². The molecule has 31 heavy (non-hydrogen) atoms. The first-order chi connectivity index (χ1) is 14.8. The van der Waals surface area contributed by atoms with Crippen LogP contribution in [0.15, 0.2) is 60.7 Å². The van der Waals surface area contributed by atoms with Gasteiger partial charge < -0.3 is 5.32 Å². The van der Waals surface area contributed by atoms with Crippen molar-refractivity contribution in [2.45, 2.75) is 25.4 Å². The zero-order chi connectivity index (χ0) is 21.8. The van der Waals surface area contributed by atoms with Gasteiger partial charge in [-0.3, -0.25) is 4.79 Å². The van der Waals surface area contributed by atoms with E-state index in [1.807, 2.05) is 68.4 Å². The maximum atomic E-state index is 13.3. The molecule has 1 aliphatic heterocycles. The normalized spacial score (nSPS) is 14.5. The summed E-state index contributed by atoms with van der Waals surface area (Å²) in [6.45, 7) is 3.98. The molecule has 1 amide bonds. The van der Waals surface area contributed by atoms with Crippen molar-refractivity contribution in [1.82, 2.24) is 9.78 Å². The third-order valence-electron chi connectivity index (χ3n) is 5.63. The van der Waals surface area contributed by atoms with Crippen LogP contribution in [-0.2, 0) is 21.3 Å². The number of sulfone groups is 1. The maximum Gasteiger partial charge on any atom is 0.257 e. The van der Waals surface area contributed by atoms with E-state index in [-0.39, 0.29) is 17.4 Å². The summed E-state index contributed by atoms with van der Waals surface area (Å²) in [5.41, 5.74) is 4.50. The summed E-state index contributed by atoms with van der Waals surface area (Å²) in [5.74, 6) is -0.119.